The van der Waals surface area contributed by atoms with Crippen molar-refractivity contribution in [2.24, 2.45) is 82.9 Å². The summed E-state index contributed by atoms with van der Waals surface area (Å²) < 4.78 is 22.2. The van der Waals surface area contributed by atoms with E-state index in [0.29, 0.717) is 25.0 Å². The van der Waals surface area contributed by atoms with Crippen LogP contribution in [0.5, 0.6) is 0 Å². The Morgan fingerprint density at radius 2 is 0.825 bits per heavy atom. The van der Waals surface area contributed by atoms with E-state index in [1.165, 1.54) is 13.8 Å². The molecule has 0 spiro atoms. The van der Waals surface area contributed by atoms with Crippen molar-refractivity contribution in [2.75, 3.05) is 26.4 Å². The quantitative estimate of drug-likeness (QED) is 0.256. The molecule has 6 bridgehead atoms. The molecular weight excluding hydrogens is 512 g/mol. The van der Waals surface area contributed by atoms with Crippen LogP contribution < -0.4 is 0 Å². The second kappa shape index (κ2) is 10.5. The summed E-state index contributed by atoms with van der Waals surface area (Å²) in [6.45, 7) is 7.59. The van der Waals surface area contributed by atoms with Crippen LogP contribution in [-0.4, -0.2) is 50.3 Å². The van der Waals surface area contributed by atoms with Crippen LogP contribution in [0.1, 0.15) is 27.7 Å². The summed E-state index contributed by atoms with van der Waals surface area (Å²) in [5.41, 5.74) is 0. The lowest BCUT2D eigenvalue weighted by atomic mass is 9.35. The molecule has 0 heterocycles. The molecule has 0 aromatic heterocycles. The van der Waals surface area contributed by atoms with Crippen molar-refractivity contribution in [1.82, 2.24) is 0 Å². The van der Waals surface area contributed by atoms with Crippen LogP contribution in [0.4, 0.5) is 0 Å². The molecule has 3 saturated carbocycles. The number of esters is 4. The Labute approximate surface area is 235 Å². The van der Waals surface area contributed by atoms with Crippen molar-refractivity contribution in [3.63, 3.8) is 0 Å². The molecule has 0 aliphatic heterocycles. The molecule has 216 valence electrons. The van der Waals surface area contributed by atoms with E-state index in [1.54, 1.807) is 13.8 Å². The van der Waals surface area contributed by atoms with Gasteiger partial charge in [-0.25, -0.2) is 0 Å². The summed E-state index contributed by atoms with van der Waals surface area (Å²) in [5, 5.41) is 0. The maximum absolute atomic E-state index is 13.4. The topological polar surface area (TPSA) is 105 Å². The molecule has 9 aliphatic carbocycles. The molecule has 0 amide bonds. The second-order valence-corrected chi connectivity index (χ2v) is 12.4. The largest absolute Gasteiger partial charge is 0.466 e. The second-order valence-electron chi connectivity index (χ2n) is 12.4. The van der Waals surface area contributed by atoms with E-state index in [-0.39, 0.29) is 96.3 Å². The lowest BCUT2D eigenvalue weighted by Crippen LogP contribution is -2.67. The third kappa shape index (κ3) is 4.07. The van der Waals surface area contributed by atoms with Gasteiger partial charge in [-0.15, -0.1) is 0 Å². The van der Waals surface area contributed by atoms with Gasteiger partial charge in [0.05, 0.1) is 38.3 Å². The van der Waals surface area contributed by atoms with E-state index in [4.69, 9.17) is 18.9 Å². The number of hydrogen-bond donors (Lipinski definition) is 0. The van der Waals surface area contributed by atoms with Gasteiger partial charge in [0.2, 0.25) is 0 Å². The molecule has 0 radical (unpaired) electrons. The van der Waals surface area contributed by atoms with Crippen LogP contribution in [-0.2, 0) is 38.1 Å². The Hall–Kier alpha value is -2.90. The smallest absolute Gasteiger partial charge is 0.310 e. The van der Waals surface area contributed by atoms with Gasteiger partial charge in [0.1, 0.15) is 0 Å². The van der Waals surface area contributed by atoms with Gasteiger partial charge in [-0.05, 0) is 73.0 Å². The number of carbonyl (C=O) groups excluding carboxylic acids is 4. The minimum Gasteiger partial charge on any atom is -0.466 e. The standard InChI is InChI=1S/C32H40O8/c1-5-37-31(35)29-21-11-12-22(30(29)32(36)38-6-2)28-20-10-9-19(27(21)28)25-17-7-8-18(26(20)25)24(14-40-16(4)34)23(17)13-39-15(3)33/h7-12,17-30H,5-6,13-14H2,1-4H3/t17-,18+,19-,20+,21-,22+,23-,24-,25+,26-,27+,28-,29-,30-/m1/s1. The summed E-state index contributed by atoms with van der Waals surface area (Å²) in [5.74, 6) is -0.541. The average Bonchev–Trinajstić information content (AvgIpc) is 2.95. The Bertz CT molecular complexity index is 1070. The maximum atomic E-state index is 13.4. The van der Waals surface area contributed by atoms with Crippen molar-refractivity contribution < 1.29 is 38.1 Å². The van der Waals surface area contributed by atoms with Crippen LogP contribution in [0.25, 0.3) is 0 Å². The summed E-state index contributed by atoms with van der Waals surface area (Å²) in [7, 11) is 0. The van der Waals surface area contributed by atoms with Gasteiger partial charge < -0.3 is 18.9 Å². The summed E-state index contributed by atoms with van der Waals surface area (Å²) in [4.78, 5) is 50.4. The van der Waals surface area contributed by atoms with E-state index in [0.717, 1.165) is 0 Å². The van der Waals surface area contributed by atoms with Gasteiger partial charge in [0.25, 0.3) is 0 Å². The molecule has 14 atom stereocenters. The van der Waals surface area contributed by atoms with Crippen molar-refractivity contribution in [3.05, 3.63) is 36.5 Å². The fraction of sp³-hybridized carbons (Fsp3) is 0.688. The van der Waals surface area contributed by atoms with Crippen LogP contribution >= 0.6 is 0 Å². The zero-order valence-electron chi connectivity index (χ0n) is 23.6. The van der Waals surface area contributed by atoms with E-state index >= 15 is 0 Å². The van der Waals surface area contributed by atoms with Gasteiger partial charge in [-0.1, -0.05) is 36.5 Å². The third-order valence-electron chi connectivity index (χ3n) is 10.9. The SMILES string of the molecule is CCOC(=O)[C@@H]1[C@H]2C=C[C@@H]([C@H]1C(=O)OCC)[C@@H]1[C@@H]3C=C[C@H]([C@H]21)[C@H]1[C@H]2C=C[C@H]([C@@H](COC(C)=O)[C@@H]2COC(C)=O)[C@@H]31. The highest BCUT2D eigenvalue weighted by molar-refractivity contribution is 5.84. The Balaban J connectivity index is 1.38. The number of ether oxygens (including phenoxy) is 4. The molecule has 0 N–H and O–H groups in total. The number of hydrogen-bond acceptors (Lipinski definition) is 8. The Morgan fingerprint density at radius 3 is 1.18 bits per heavy atom. The molecule has 9 rings (SSSR count). The zero-order valence-corrected chi connectivity index (χ0v) is 23.6. The highest BCUT2D eigenvalue weighted by Gasteiger charge is 2.69. The van der Waals surface area contributed by atoms with E-state index in [9.17, 15) is 19.2 Å². The molecule has 0 unspecified atom stereocenters. The summed E-state index contributed by atoms with van der Waals surface area (Å²) in [6.07, 6.45) is 13.7. The number of allylic oxidation sites excluding steroid dienone is 6. The predicted octanol–water partition coefficient (Wildman–Crippen LogP) is 3.62. The minimum atomic E-state index is -0.550. The third-order valence-corrected chi connectivity index (χ3v) is 10.9. The summed E-state index contributed by atoms with van der Waals surface area (Å²) >= 11 is 0. The van der Waals surface area contributed by atoms with Crippen molar-refractivity contribution in [3.8, 4) is 0 Å². The Kier molecular flexibility index (Phi) is 7.16. The number of fused-ring (bicyclic) bond motifs is 2. The monoisotopic (exact) mass is 552 g/mol. The molecule has 40 heavy (non-hydrogen) atoms. The highest BCUT2D eigenvalue weighted by Crippen LogP contribution is 2.70. The van der Waals surface area contributed by atoms with Crippen molar-refractivity contribution >= 4 is 23.9 Å². The van der Waals surface area contributed by atoms with Gasteiger partial charge in [0.15, 0.2) is 0 Å². The van der Waals surface area contributed by atoms with Gasteiger partial charge in [0, 0.05) is 25.7 Å². The van der Waals surface area contributed by atoms with Gasteiger partial charge in [-0.2, -0.15) is 0 Å². The lowest BCUT2D eigenvalue weighted by Gasteiger charge is -2.69. The Morgan fingerprint density at radius 1 is 0.500 bits per heavy atom. The fourth-order valence-corrected chi connectivity index (χ4v) is 9.99. The average molecular weight is 553 g/mol. The van der Waals surface area contributed by atoms with E-state index in [1.807, 2.05) is 0 Å². The summed E-state index contributed by atoms with van der Waals surface area (Å²) in [6, 6.07) is 0. The van der Waals surface area contributed by atoms with Crippen molar-refractivity contribution in [1.29, 1.82) is 0 Å². The minimum absolute atomic E-state index is 0.0511. The number of rotatable bonds is 8. The van der Waals surface area contributed by atoms with Gasteiger partial charge >= 0.3 is 23.9 Å². The lowest BCUT2D eigenvalue weighted by molar-refractivity contribution is -0.196. The first-order valence-corrected chi connectivity index (χ1v) is 14.9. The molecule has 0 aromatic carbocycles. The van der Waals surface area contributed by atoms with Gasteiger partial charge in [-0.3, -0.25) is 19.2 Å². The normalized spacial score (nSPS) is 44.5. The highest BCUT2D eigenvalue weighted by atomic mass is 16.5. The number of carbonyl (C=O) groups is 4. The van der Waals surface area contributed by atoms with Crippen LogP contribution in [0, 0.1) is 82.9 Å². The van der Waals surface area contributed by atoms with Crippen LogP contribution in [0.2, 0.25) is 0 Å². The molecule has 0 aromatic rings. The first kappa shape index (κ1) is 27.3. The first-order valence-electron chi connectivity index (χ1n) is 14.9. The van der Waals surface area contributed by atoms with Crippen LogP contribution in [0.3, 0.4) is 0 Å². The molecule has 8 nitrogen and oxygen atoms in total. The van der Waals surface area contributed by atoms with Crippen LogP contribution in [0.15, 0.2) is 36.5 Å². The molecule has 8 heteroatoms. The zero-order chi connectivity index (χ0) is 28.3. The molecule has 3 fully saturated rings. The van der Waals surface area contributed by atoms with E-state index in [2.05, 4.69) is 36.5 Å². The van der Waals surface area contributed by atoms with E-state index < -0.39 is 11.8 Å². The predicted molar refractivity (Wildman–Crippen MR) is 143 cm³/mol. The molecular formula is C32H40O8. The fourth-order valence-electron chi connectivity index (χ4n) is 9.99. The first-order chi connectivity index (χ1) is 19.3. The molecule has 9 aliphatic rings. The van der Waals surface area contributed by atoms with Crippen molar-refractivity contribution in [2.45, 2.75) is 27.7 Å². The maximum Gasteiger partial charge on any atom is 0.310 e. The molecule has 0 saturated heterocycles.